The molecule has 1 amide bonds. The number of halogens is 1. The highest BCUT2D eigenvalue weighted by atomic mass is 79.9. The average molecular weight is 397 g/mol. The van der Waals surface area contributed by atoms with Crippen molar-refractivity contribution in [3.8, 4) is 11.3 Å². The number of carbonyl (C=O) groups is 1. The molecule has 25 heavy (non-hydrogen) atoms. The molecule has 0 spiro atoms. The van der Waals surface area contributed by atoms with Gasteiger partial charge in [0, 0.05) is 10.0 Å². The molecule has 0 radical (unpaired) electrons. The van der Waals surface area contributed by atoms with E-state index in [1.165, 1.54) is 5.56 Å². The Morgan fingerprint density at radius 3 is 2.64 bits per heavy atom. The second-order valence-electron chi connectivity index (χ2n) is 5.68. The molecule has 0 aliphatic carbocycles. The van der Waals surface area contributed by atoms with E-state index < -0.39 is 0 Å². The lowest BCUT2D eigenvalue weighted by molar-refractivity contribution is 0.0950. The summed E-state index contributed by atoms with van der Waals surface area (Å²) in [5.74, 6) is -0.333. The summed E-state index contributed by atoms with van der Waals surface area (Å²) in [6.45, 7) is 3.87. The van der Waals surface area contributed by atoms with Gasteiger partial charge in [-0.3, -0.25) is 9.89 Å². The van der Waals surface area contributed by atoms with E-state index in [0.29, 0.717) is 11.4 Å². The molecule has 2 N–H and O–H groups in total. The van der Waals surface area contributed by atoms with E-state index in [4.69, 9.17) is 0 Å². The van der Waals surface area contributed by atoms with Crippen LogP contribution in [0.1, 0.15) is 28.5 Å². The van der Waals surface area contributed by atoms with Gasteiger partial charge in [-0.25, -0.2) is 5.43 Å². The lowest BCUT2D eigenvalue weighted by Crippen LogP contribution is -2.19. The summed E-state index contributed by atoms with van der Waals surface area (Å²) >= 11 is 3.42. The number of H-pyrrole nitrogens is 1. The van der Waals surface area contributed by atoms with Gasteiger partial charge in [0.1, 0.15) is 5.69 Å². The summed E-state index contributed by atoms with van der Waals surface area (Å²) in [4.78, 5) is 12.2. The summed E-state index contributed by atoms with van der Waals surface area (Å²) in [7, 11) is 0. The molecular formula is C19H17BrN4O. The standard InChI is InChI=1S/C19H17BrN4O/c1-12-6-8-14(9-7-12)17-11-18(23-22-17)19(25)24-21-13(2)15-4-3-5-16(20)10-15/h3-11H,1-2H3,(H,22,23)(H,24,25)/b21-13-. The van der Waals surface area contributed by atoms with Gasteiger partial charge in [0.2, 0.25) is 0 Å². The Balaban J connectivity index is 1.71. The van der Waals surface area contributed by atoms with E-state index in [9.17, 15) is 4.79 Å². The summed E-state index contributed by atoms with van der Waals surface area (Å²) in [5.41, 5.74) is 7.41. The number of aromatic amines is 1. The van der Waals surface area contributed by atoms with Crippen LogP contribution in [0.4, 0.5) is 0 Å². The number of aryl methyl sites for hydroxylation is 1. The molecule has 5 nitrogen and oxygen atoms in total. The van der Waals surface area contributed by atoms with Crippen molar-refractivity contribution in [2.24, 2.45) is 5.10 Å². The van der Waals surface area contributed by atoms with Gasteiger partial charge in [0.15, 0.2) is 0 Å². The van der Waals surface area contributed by atoms with E-state index in [1.807, 2.05) is 62.4 Å². The van der Waals surface area contributed by atoms with Crippen molar-refractivity contribution in [3.05, 3.63) is 75.9 Å². The van der Waals surface area contributed by atoms with Crippen LogP contribution in [0.3, 0.4) is 0 Å². The van der Waals surface area contributed by atoms with Crippen LogP contribution in [-0.4, -0.2) is 21.8 Å². The number of amides is 1. The predicted molar refractivity (Wildman–Crippen MR) is 103 cm³/mol. The first-order chi connectivity index (χ1) is 12.0. The summed E-state index contributed by atoms with van der Waals surface area (Å²) in [6.07, 6.45) is 0. The van der Waals surface area contributed by atoms with Crippen LogP contribution in [-0.2, 0) is 0 Å². The third-order valence-electron chi connectivity index (χ3n) is 3.74. The molecule has 2 aromatic carbocycles. The number of rotatable bonds is 4. The van der Waals surface area contributed by atoms with E-state index in [2.05, 4.69) is 36.7 Å². The van der Waals surface area contributed by atoms with Crippen LogP contribution < -0.4 is 5.43 Å². The highest BCUT2D eigenvalue weighted by Gasteiger charge is 2.10. The Morgan fingerprint density at radius 1 is 1.16 bits per heavy atom. The number of hydrogen-bond donors (Lipinski definition) is 2. The number of hydrogen-bond acceptors (Lipinski definition) is 3. The Hall–Kier alpha value is -2.73. The highest BCUT2D eigenvalue weighted by molar-refractivity contribution is 9.10. The first-order valence-corrected chi connectivity index (χ1v) is 8.55. The SMILES string of the molecule is C/C(=N/NC(=O)c1cc(-c2ccc(C)cc2)n[nH]1)c1cccc(Br)c1. The molecule has 3 aromatic rings. The number of nitrogens with zero attached hydrogens (tertiary/aromatic N) is 2. The minimum atomic E-state index is -0.333. The molecule has 0 saturated carbocycles. The Kier molecular flexibility index (Phi) is 5.09. The van der Waals surface area contributed by atoms with Crippen LogP contribution in [0.15, 0.2) is 64.2 Å². The number of benzene rings is 2. The van der Waals surface area contributed by atoms with Crippen molar-refractivity contribution < 1.29 is 4.79 Å². The zero-order chi connectivity index (χ0) is 17.8. The lowest BCUT2D eigenvalue weighted by atomic mass is 10.1. The topological polar surface area (TPSA) is 70.1 Å². The quantitative estimate of drug-likeness (QED) is 0.509. The zero-order valence-electron chi connectivity index (χ0n) is 13.9. The molecule has 1 heterocycles. The van der Waals surface area contributed by atoms with E-state index in [1.54, 1.807) is 6.07 Å². The van der Waals surface area contributed by atoms with Crippen molar-refractivity contribution in [3.63, 3.8) is 0 Å². The van der Waals surface area contributed by atoms with Crippen LogP contribution in [0.2, 0.25) is 0 Å². The van der Waals surface area contributed by atoms with Crippen molar-refractivity contribution in [1.82, 2.24) is 15.6 Å². The van der Waals surface area contributed by atoms with Crippen LogP contribution in [0.5, 0.6) is 0 Å². The van der Waals surface area contributed by atoms with Crippen molar-refractivity contribution in [1.29, 1.82) is 0 Å². The van der Waals surface area contributed by atoms with Crippen LogP contribution in [0.25, 0.3) is 11.3 Å². The second-order valence-corrected chi connectivity index (χ2v) is 6.60. The smallest absolute Gasteiger partial charge is 0.272 e. The molecule has 0 unspecified atom stereocenters. The van der Waals surface area contributed by atoms with Gasteiger partial charge >= 0.3 is 0 Å². The Bertz CT molecular complexity index is 929. The molecule has 6 heteroatoms. The molecule has 0 bridgehead atoms. The maximum Gasteiger partial charge on any atom is 0.289 e. The molecule has 0 aliphatic rings. The lowest BCUT2D eigenvalue weighted by Gasteiger charge is -2.02. The molecule has 0 atom stereocenters. The van der Waals surface area contributed by atoms with Crippen molar-refractivity contribution in [2.45, 2.75) is 13.8 Å². The van der Waals surface area contributed by atoms with E-state index >= 15 is 0 Å². The van der Waals surface area contributed by atoms with Gasteiger partial charge in [0.25, 0.3) is 5.91 Å². The summed E-state index contributed by atoms with van der Waals surface area (Å²) in [6, 6.07) is 17.4. The third-order valence-corrected chi connectivity index (χ3v) is 4.23. The summed E-state index contributed by atoms with van der Waals surface area (Å²) < 4.78 is 0.960. The second kappa shape index (κ2) is 7.44. The van der Waals surface area contributed by atoms with Crippen molar-refractivity contribution in [2.75, 3.05) is 0 Å². The first kappa shape index (κ1) is 17.1. The molecule has 126 valence electrons. The third kappa shape index (κ3) is 4.22. The van der Waals surface area contributed by atoms with Gasteiger partial charge in [-0.2, -0.15) is 10.2 Å². The number of aromatic nitrogens is 2. The highest BCUT2D eigenvalue weighted by Crippen LogP contribution is 2.18. The Labute approximate surface area is 154 Å². The molecule has 3 rings (SSSR count). The van der Waals surface area contributed by atoms with Gasteiger partial charge in [-0.05, 0) is 37.6 Å². The monoisotopic (exact) mass is 396 g/mol. The molecule has 1 aromatic heterocycles. The fourth-order valence-corrected chi connectivity index (χ4v) is 2.68. The van der Waals surface area contributed by atoms with E-state index in [-0.39, 0.29) is 5.91 Å². The molecule has 0 saturated heterocycles. The largest absolute Gasteiger partial charge is 0.289 e. The first-order valence-electron chi connectivity index (χ1n) is 7.76. The van der Waals surface area contributed by atoms with Gasteiger partial charge in [0.05, 0.1) is 11.4 Å². The predicted octanol–water partition coefficient (Wildman–Crippen LogP) is 4.30. The number of nitrogens with one attached hydrogen (secondary N) is 2. The minimum Gasteiger partial charge on any atom is -0.272 e. The number of hydrazone groups is 1. The molecule has 0 aliphatic heterocycles. The fourth-order valence-electron chi connectivity index (χ4n) is 2.28. The van der Waals surface area contributed by atoms with Crippen molar-refractivity contribution >= 4 is 27.5 Å². The maximum absolute atomic E-state index is 12.2. The van der Waals surface area contributed by atoms with Gasteiger partial charge < -0.3 is 0 Å². The van der Waals surface area contributed by atoms with E-state index in [0.717, 1.165) is 21.3 Å². The molecular weight excluding hydrogens is 380 g/mol. The Morgan fingerprint density at radius 2 is 1.92 bits per heavy atom. The zero-order valence-corrected chi connectivity index (χ0v) is 15.5. The van der Waals surface area contributed by atoms with Gasteiger partial charge in [-0.15, -0.1) is 0 Å². The van der Waals surface area contributed by atoms with Crippen LogP contribution in [0, 0.1) is 6.92 Å². The normalized spacial score (nSPS) is 11.4. The summed E-state index contributed by atoms with van der Waals surface area (Å²) in [5, 5.41) is 11.1. The minimum absolute atomic E-state index is 0.333. The van der Waals surface area contributed by atoms with Crippen LogP contribution >= 0.6 is 15.9 Å². The fraction of sp³-hybridized carbons (Fsp3) is 0.105. The average Bonchev–Trinajstić information content (AvgIpc) is 3.10. The molecule has 0 fully saturated rings. The van der Waals surface area contributed by atoms with Gasteiger partial charge in [-0.1, -0.05) is 57.9 Å². The number of carbonyl (C=O) groups excluding carboxylic acids is 1. The maximum atomic E-state index is 12.2.